The van der Waals surface area contributed by atoms with E-state index in [0.717, 1.165) is 25.3 Å². The Morgan fingerprint density at radius 3 is 2.88 bits per heavy atom. The largest absolute Gasteiger partial charge is 0.349 e. The second kappa shape index (κ2) is 5.08. The molecule has 0 saturated carbocycles. The van der Waals surface area contributed by atoms with Gasteiger partial charge >= 0.3 is 0 Å². The molecule has 1 saturated heterocycles. The lowest BCUT2D eigenvalue weighted by molar-refractivity contribution is 0.397. The Kier molecular flexibility index (Phi) is 3.72. The van der Waals surface area contributed by atoms with E-state index < -0.39 is 0 Å². The van der Waals surface area contributed by atoms with Gasteiger partial charge in [-0.2, -0.15) is 5.10 Å². The summed E-state index contributed by atoms with van der Waals surface area (Å²) >= 11 is 0. The van der Waals surface area contributed by atoms with E-state index in [-0.39, 0.29) is 0 Å². The molecule has 1 aromatic heterocycles. The van der Waals surface area contributed by atoms with Crippen molar-refractivity contribution in [1.82, 2.24) is 15.1 Å². The van der Waals surface area contributed by atoms with E-state index in [1.54, 1.807) is 0 Å². The summed E-state index contributed by atoms with van der Waals surface area (Å²) in [5, 5.41) is 8.22. The summed E-state index contributed by atoms with van der Waals surface area (Å²) in [6.07, 6.45) is 3.24. The predicted molar refractivity (Wildman–Crippen MR) is 71.5 cm³/mol. The molecule has 1 fully saturated rings. The van der Waals surface area contributed by atoms with Gasteiger partial charge in [0.05, 0.1) is 0 Å². The molecular weight excluding hydrogens is 212 g/mol. The number of nitrogens with one attached hydrogen (secondary N) is 1. The van der Waals surface area contributed by atoms with Crippen LogP contribution in [0.25, 0.3) is 0 Å². The molecular formula is C13H24N4. The predicted octanol–water partition coefficient (Wildman–Crippen LogP) is 2.04. The number of hydrogen-bond donors (Lipinski definition) is 1. The number of hydrogen-bond acceptors (Lipinski definition) is 3. The van der Waals surface area contributed by atoms with E-state index in [4.69, 9.17) is 0 Å². The van der Waals surface area contributed by atoms with Crippen LogP contribution in [-0.2, 0) is 0 Å². The molecule has 0 aliphatic carbocycles. The van der Waals surface area contributed by atoms with Gasteiger partial charge in [0.2, 0.25) is 0 Å². The molecule has 96 valence electrons. The third-order valence-corrected chi connectivity index (χ3v) is 3.50. The SMILES string of the molecule is CCC1CNC(C)CN1c1ccn(C(C)C)n1. The van der Waals surface area contributed by atoms with Crippen molar-refractivity contribution in [2.45, 2.75) is 52.2 Å². The fourth-order valence-electron chi connectivity index (χ4n) is 2.37. The van der Waals surface area contributed by atoms with Crippen molar-refractivity contribution < 1.29 is 0 Å². The van der Waals surface area contributed by atoms with Gasteiger partial charge in [0.15, 0.2) is 5.82 Å². The summed E-state index contributed by atoms with van der Waals surface area (Å²) in [6, 6.07) is 3.69. The lowest BCUT2D eigenvalue weighted by Gasteiger charge is -2.39. The fourth-order valence-corrected chi connectivity index (χ4v) is 2.37. The van der Waals surface area contributed by atoms with Crippen molar-refractivity contribution in [2.24, 2.45) is 0 Å². The molecule has 2 heterocycles. The normalized spacial score (nSPS) is 25.6. The van der Waals surface area contributed by atoms with Crippen LogP contribution in [0.15, 0.2) is 12.3 Å². The Labute approximate surface area is 104 Å². The summed E-state index contributed by atoms with van der Waals surface area (Å²) in [4.78, 5) is 2.44. The lowest BCUT2D eigenvalue weighted by atomic mass is 10.1. The lowest BCUT2D eigenvalue weighted by Crippen LogP contribution is -2.55. The Morgan fingerprint density at radius 2 is 2.29 bits per heavy atom. The summed E-state index contributed by atoms with van der Waals surface area (Å²) in [7, 11) is 0. The summed E-state index contributed by atoms with van der Waals surface area (Å²) < 4.78 is 2.04. The number of aromatic nitrogens is 2. The first-order valence-electron chi connectivity index (χ1n) is 6.67. The zero-order valence-corrected chi connectivity index (χ0v) is 11.3. The minimum Gasteiger partial charge on any atom is -0.349 e. The molecule has 0 aromatic carbocycles. The number of nitrogens with zero attached hydrogens (tertiary/aromatic N) is 3. The van der Waals surface area contributed by atoms with Crippen LogP contribution < -0.4 is 10.2 Å². The smallest absolute Gasteiger partial charge is 0.150 e. The van der Waals surface area contributed by atoms with E-state index in [0.29, 0.717) is 18.1 Å². The standard InChI is InChI=1S/C13H24N4/c1-5-12-8-14-11(4)9-16(12)13-6-7-17(15-13)10(2)3/h6-7,10-12,14H,5,8-9H2,1-4H3. The van der Waals surface area contributed by atoms with Gasteiger partial charge in [0, 0.05) is 43.5 Å². The molecule has 2 rings (SSSR count). The first kappa shape index (κ1) is 12.4. The number of piperazine rings is 1. The second-order valence-corrected chi connectivity index (χ2v) is 5.27. The highest BCUT2D eigenvalue weighted by Crippen LogP contribution is 2.20. The summed E-state index contributed by atoms with van der Waals surface area (Å²) in [6.45, 7) is 10.9. The quantitative estimate of drug-likeness (QED) is 0.872. The van der Waals surface area contributed by atoms with E-state index in [2.05, 4.69) is 55.3 Å². The topological polar surface area (TPSA) is 33.1 Å². The molecule has 4 nitrogen and oxygen atoms in total. The first-order valence-corrected chi connectivity index (χ1v) is 6.67. The Hall–Kier alpha value is -1.03. The minimum atomic E-state index is 0.434. The summed E-state index contributed by atoms with van der Waals surface area (Å²) in [5.74, 6) is 1.12. The van der Waals surface area contributed by atoms with Gasteiger partial charge in [0.1, 0.15) is 0 Å². The van der Waals surface area contributed by atoms with Crippen molar-refractivity contribution in [1.29, 1.82) is 0 Å². The molecule has 1 aliphatic heterocycles. The molecule has 0 bridgehead atoms. The van der Waals surface area contributed by atoms with Crippen LogP contribution in [0.5, 0.6) is 0 Å². The van der Waals surface area contributed by atoms with Gasteiger partial charge < -0.3 is 10.2 Å². The molecule has 0 amide bonds. The molecule has 1 N–H and O–H groups in total. The number of anilines is 1. The third kappa shape index (κ3) is 2.63. The van der Waals surface area contributed by atoms with Crippen LogP contribution in [0, 0.1) is 0 Å². The Balaban J connectivity index is 2.17. The van der Waals surface area contributed by atoms with Gasteiger partial charge in [-0.05, 0) is 27.2 Å². The maximum absolute atomic E-state index is 4.68. The fraction of sp³-hybridized carbons (Fsp3) is 0.769. The van der Waals surface area contributed by atoms with Gasteiger partial charge in [-0.1, -0.05) is 6.92 Å². The van der Waals surface area contributed by atoms with Crippen LogP contribution in [0.1, 0.15) is 40.2 Å². The molecule has 1 aliphatic rings. The first-order chi connectivity index (χ1) is 8.11. The number of rotatable bonds is 3. The maximum Gasteiger partial charge on any atom is 0.150 e. The van der Waals surface area contributed by atoms with E-state index in [1.165, 1.54) is 0 Å². The van der Waals surface area contributed by atoms with E-state index >= 15 is 0 Å². The average Bonchev–Trinajstić information content (AvgIpc) is 2.78. The highest BCUT2D eigenvalue weighted by molar-refractivity contribution is 5.39. The van der Waals surface area contributed by atoms with Gasteiger partial charge in [-0.15, -0.1) is 0 Å². The zero-order chi connectivity index (χ0) is 12.4. The van der Waals surface area contributed by atoms with Crippen molar-refractivity contribution in [3.8, 4) is 0 Å². The van der Waals surface area contributed by atoms with Crippen molar-refractivity contribution in [3.63, 3.8) is 0 Å². The van der Waals surface area contributed by atoms with Gasteiger partial charge in [0.25, 0.3) is 0 Å². The minimum absolute atomic E-state index is 0.434. The van der Waals surface area contributed by atoms with E-state index in [9.17, 15) is 0 Å². The summed E-state index contributed by atoms with van der Waals surface area (Å²) in [5.41, 5.74) is 0. The van der Waals surface area contributed by atoms with Crippen molar-refractivity contribution >= 4 is 5.82 Å². The Morgan fingerprint density at radius 1 is 1.53 bits per heavy atom. The molecule has 17 heavy (non-hydrogen) atoms. The highest BCUT2D eigenvalue weighted by Gasteiger charge is 2.26. The van der Waals surface area contributed by atoms with E-state index in [1.807, 2.05) is 4.68 Å². The zero-order valence-electron chi connectivity index (χ0n) is 11.3. The molecule has 2 atom stereocenters. The van der Waals surface area contributed by atoms with Crippen LogP contribution >= 0.6 is 0 Å². The average molecular weight is 236 g/mol. The van der Waals surface area contributed by atoms with Crippen molar-refractivity contribution in [3.05, 3.63) is 12.3 Å². The third-order valence-electron chi connectivity index (χ3n) is 3.50. The Bertz CT molecular complexity index is 358. The molecule has 0 spiro atoms. The molecule has 0 radical (unpaired) electrons. The monoisotopic (exact) mass is 236 g/mol. The molecule has 2 unspecified atom stereocenters. The highest BCUT2D eigenvalue weighted by atomic mass is 15.4. The van der Waals surface area contributed by atoms with Gasteiger partial charge in [-0.25, -0.2) is 0 Å². The van der Waals surface area contributed by atoms with Crippen LogP contribution in [0.4, 0.5) is 5.82 Å². The van der Waals surface area contributed by atoms with Gasteiger partial charge in [-0.3, -0.25) is 4.68 Å². The van der Waals surface area contributed by atoms with Crippen LogP contribution in [0.3, 0.4) is 0 Å². The van der Waals surface area contributed by atoms with Crippen LogP contribution in [0.2, 0.25) is 0 Å². The maximum atomic E-state index is 4.68. The van der Waals surface area contributed by atoms with Crippen molar-refractivity contribution in [2.75, 3.05) is 18.0 Å². The van der Waals surface area contributed by atoms with Crippen LogP contribution in [-0.4, -0.2) is 35.0 Å². The molecule has 1 aromatic rings. The second-order valence-electron chi connectivity index (χ2n) is 5.27. The molecule has 4 heteroatoms.